The molecule has 1 amide bonds. The molecule has 0 aliphatic carbocycles. The van der Waals surface area contributed by atoms with Gasteiger partial charge in [0.2, 0.25) is 0 Å². The number of carbonyl (C=O) groups excluding carboxylic acids is 1. The van der Waals surface area contributed by atoms with Crippen molar-refractivity contribution in [2.24, 2.45) is 0 Å². The molecule has 0 aliphatic heterocycles. The summed E-state index contributed by atoms with van der Waals surface area (Å²) in [5, 5.41) is 2.71. The number of imidazole rings is 1. The third-order valence-corrected chi connectivity index (χ3v) is 2.60. The molecule has 6 heteroatoms. The van der Waals surface area contributed by atoms with Gasteiger partial charge in [-0.1, -0.05) is 0 Å². The number of hydrogen-bond donors (Lipinski definition) is 2. The summed E-state index contributed by atoms with van der Waals surface area (Å²) in [6.45, 7) is 0.483. The highest BCUT2D eigenvalue weighted by atomic mass is 32.1. The van der Waals surface area contributed by atoms with Gasteiger partial charge in [-0.05, 0) is 24.3 Å². The van der Waals surface area contributed by atoms with Gasteiger partial charge in [-0.15, -0.1) is 0 Å². The van der Waals surface area contributed by atoms with Crippen molar-refractivity contribution in [3.8, 4) is 5.69 Å². The molecule has 4 nitrogen and oxygen atoms in total. The molecule has 0 spiro atoms. The Hall–Kier alpha value is -1.82. The summed E-state index contributed by atoms with van der Waals surface area (Å²) in [7, 11) is 0. The molecule has 0 atom stereocenters. The van der Waals surface area contributed by atoms with Gasteiger partial charge in [0.25, 0.3) is 5.91 Å². The average Bonchev–Trinajstić information content (AvgIpc) is 2.86. The lowest BCUT2D eigenvalue weighted by molar-refractivity contribution is 0.0949. The molecule has 0 bridgehead atoms. The Labute approximate surface area is 109 Å². The predicted molar refractivity (Wildman–Crippen MR) is 69.7 cm³/mol. The highest BCUT2D eigenvalue weighted by molar-refractivity contribution is 7.80. The summed E-state index contributed by atoms with van der Waals surface area (Å²) in [5.41, 5.74) is 1.09. The van der Waals surface area contributed by atoms with E-state index in [1.165, 1.54) is 24.7 Å². The lowest BCUT2D eigenvalue weighted by Gasteiger charge is -2.08. The fourth-order valence-corrected chi connectivity index (χ4v) is 1.64. The number of aromatic nitrogens is 2. The van der Waals surface area contributed by atoms with Crippen LogP contribution in [0.1, 0.15) is 10.5 Å². The molecular formula is C12H12FN3OS. The van der Waals surface area contributed by atoms with E-state index in [9.17, 15) is 9.18 Å². The van der Waals surface area contributed by atoms with Crippen LogP contribution in [-0.4, -0.2) is 27.8 Å². The molecule has 0 saturated heterocycles. The van der Waals surface area contributed by atoms with Crippen LogP contribution in [0.2, 0.25) is 0 Å². The van der Waals surface area contributed by atoms with Gasteiger partial charge in [-0.2, -0.15) is 12.6 Å². The molecule has 2 aromatic rings. The first kappa shape index (κ1) is 12.6. The largest absolute Gasteiger partial charge is 0.350 e. The Morgan fingerprint density at radius 1 is 1.39 bits per heavy atom. The molecule has 0 aliphatic rings. The Morgan fingerprint density at radius 3 is 2.78 bits per heavy atom. The summed E-state index contributed by atoms with van der Waals surface area (Å²) >= 11 is 4.02. The molecule has 0 radical (unpaired) electrons. The van der Waals surface area contributed by atoms with Crippen LogP contribution in [-0.2, 0) is 0 Å². The SMILES string of the molecule is O=C(NCCS)c1cncn1-c1ccc(F)cc1. The van der Waals surface area contributed by atoms with Crippen molar-refractivity contribution in [1.82, 2.24) is 14.9 Å². The van der Waals surface area contributed by atoms with Gasteiger partial charge < -0.3 is 5.32 Å². The standard InChI is InChI=1S/C12H12FN3OS/c13-9-1-3-10(4-2-9)16-8-14-7-11(16)12(17)15-5-6-18/h1-4,7-8,18H,5-6H2,(H,15,17). The summed E-state index contributed by atoms with van der Waals surface area (Å²) in [5.74, 6) is 0.0157. The van der Waals surface area contributed by atoms with Crippen molar-refractivity contribution in [1.29, 1.82) is 0 Å². The lowest BCUT2D eigenvalue weighted by Crippen LogP contribution is -2.27. The number of nitrogens with zero attached hydrogens (tertiary/aromatic N) is 2. The van der Waals surface area contributed by atoms with E-state index in [-0.39, 0.29) is 11.7 Å². The lowest BCUT2D eigenvalue weighted by atomic mass is 10.3. The van der Waals surface area contributed by atoms with E-state index in [0.29, 0.717) is 23.7 Å². The number of hydrogen-bond acceptors (Lipinski definition) is 3. The van der Waals surface area contributed by atoms with Crippen molar-refractivity contribution in [2.75, 3.05) is 12.3 Å². The fraction of sp³-hybridized carbons (Fsp3) is 0.167. The maximum Gasteiger partial charge on any atom is 0.269 e. The van der Waals surface area contributed by atoms with Crippen LogP contribution in [0.5, 0.6) is 0 Å². The van der Waals surface area contributed by atoms with Gasteiger partial charge in [0.05, 0.1) is 12.5 Å². The number of rotatable bonds is 4. The smallest absolute Gasteiger partial charge is 0.269 e. The Kier molecular flexibility index (Phi) is 3.99. The van der Waals surface area contributed by atoms with Gasteiger partial charge in [-0.25, -0.2) is 9.37 Å². The minimum absolute atomic E-state index is 0.231. The third-order valence-electron chi connectivity index (χ3n) is 2.37. The van der Waals surface area contributed by atoms with Gasteiger partial charge in [0.1, 0.15) is 11.5 Å². The second kappa shape index (κ2) is 5.68. The van der Waals surface area contributed by atoms with Crippen molar-refractivity contribution in [3.63, 3.8) is 0 Å². The first-order valence-corrected chi connectivity index (χ1v) is 6.03. The first-order valence-electron chi connectivity index (χ1n) is 5.39. The van der Waals surface area contributed by atoms with Gasteiger partial charge in [-0.3, -0.25) is 9.36 Å². The van der Waals surface area contributed by atoms with Crippen LogP contribution in [0.3, 0.4) is 0 Å². The zero-order valence-corrected chi connectivity index (χ0v) is 10.4. The van der Waals surface area contributed by atoms with Gasteiger partial charge >= 0.3 is 0 Å². The molecule has 0 fully saturated rings. The zero-order chi connectivity index (χ0) is 13.0. The van der Waals surface area contributed by atoms with E-state index in [1.54, 1.807) is 16.7 Å². The van der Waals surface area contributed by atoms with E-state index in [1.807, 2.05) is 0 Å². The number of amides is 1. The molecule has 1 aromatic heterocycles. The van der Waals surface area contributed by atoms with Gasteiger partial charge in [0.15, 0.2) is 0 Å². The van der Waals surface area contributed by atoms with Crippen LogP contribution in [0.15, 0.2) is 36.8 Å². The molecule has 1 N–H and O–H groups in total. The molecule has 94 valence electrons. The summed E-state index contributed by atoms with van der Waals surface area (Å²) in [6.07, 6.45) is 2.99. The monoisotopic (exact) mass is 265 g/mol. The topological polar surface area (TPSA) is 46.9 Å². The Bertz CT molecular complexity index is 539. The second-order valence-corrected chi connectivity index (χ2v) is 4.05. The van der Waals surface area contributed by atoms with E-state index in [2.05, 4.69) is 22.9 Å². The number of thiol groups is 1. The minimum Gasteiger partial charge on any atom is -0.350 e. The van der Waals surface area contributed by atoms with E-state index >= 15 is 0 Å². The second-order valence-electron chi connectivity index (χ2n) is 3.60. The van der Waals surface area contributed by atoms with E-state index in [0.717, 1.165) is 0 Å². The van der Waals surface area contributed by atoms with Crippen LogP contribution in [0.4, 0.5) is 4.39 Å². The van der Waals surface area contributed by atoms with Crippen molar-refractivity contribution in [3.05, 3.63) is 48.3 Å². The number of nitrogens with one attached hydrogen (secondary N) is 1. The predicted octanol–water partition coefficient (Wildman–Crippen LogP) is 1.67. The summed E-state index contributed by atoms with van der Waals surface area (Å²) < 4.78 is 14.4. The molecular weight excluding hydrogens is 253 g/mol. The zero-order valence-electron chi connectivity index (χ0n) is 9.51. The van der Waals surface area contributed by atoms with Crippen LogP contribution >= 0.6 is 12.6 Å². The Morgan fingerprint density at radius 2 is 2.11 bits per heavy atom. The number of halogens is 1. The molecule has 0 saturated carbocycles. The van der Waals surface area contributed by atoms with Crippen molar-refractivity contribution >= 4 is 18.5 Å². The summed E-state index contributed by atoms with van der Waals surface area (Å²) in [4.78, 5) is 15.8. The molecule has 18 heavy (non-hydrogen) atoms. The molecule has 1 heterocycles. The fourth-order valence-electron chi connectivity index (χ4n) is 1.53. The maximum absolute atomic E-state index is 12.8. The van der Waals surface area contributed by atoms with Crippen molar-refractivity contribution in [2.45, 2.75) is 0 Å². The van der Waals surface area contributed by atoms with Gasteiger partial charge in [0, 0.05) is 18.0 Å². The maximum atomic E-state index is 12.8. The summed E-state index contributed by atoms with van der Waals surface area (Å²) in [6, 6.07) is 5.86. The number of benzene rings is 1. The first-order chi connectivity index (χ1) is 8.72. The highest BCUT2D eigenvalue weighted by Crippen LogP contribution is 2.12. The van der Waals surface area contributed by atoms with E-state index in [4.69, 9.17) is 0 Å². The van der Waals surface area contributed by atoms with Crippen LogP contribution in [0, 0.1) is 5.82 Å². The minimum atomic E-state index is -0.319. The average molecular weight is 265 g/mol. The van der Waals surface area contributed by atoms with Crippen LogP contribution in [0.25, 0.3) is 5.69 Å². The molecule has 1 aromatic carbocycles. The van der Waals surface area contributed by atoms with Crippen LogP contribution < -0.4 is 5.32 Å². The molecule has 0 unspecified atom stereocenters. The Balaban J connectivity index is 2.27. The molecule has 2 rings (SSSR count). The third kappa shape index (κ3) is 2.70. The van der Waals surface area contributed by atoms with E-state index < -0.39 is 0 Å². The quantitative estimate of drug-likeness (QED) is 0.826. The number of carbonyl (C=O) groups is 1. The normalized spacial score (nSPS) is 10.3. The van der Waals surface area contributed by atoms with Crippen molar-refractivity contribution < 1.29 is 9.18 Å². The highest BCUT2D eigenvalue weighted by Gasteiger charge is 2.12.